The van der Waals surface area contributed by atoms with Crippen molar-refractivity contribution in [3.8, 4) is 0 Å². The SMILES string of the molecule is CCCCC(=O)c1ccccc1CCN. The number of benzene rings is 1. The van der Waals surface area contributed by atoms with E-state index in [1.807, 2.05) is 24.3 Å². The Labute approximate surface area is 91.5 Å². The normalized spacial score (nSPS) is 10.3. The Morgan fingerprint density at radius 1 is 1.33 bits per heavy atom. The topological polar surface area (TPSA) is 43.1 Å². The number of rotatable bonds is 6. The van der Waals surface area contributed by atoms with Gasteiger partial charge in [-0.3, -0.25) is 4.79 Å². The number of hydrogen-bond acceptors (Lipinski definition) is 2. The highest BCUT2D eigenvalue weighted by molar-refractivity contribution is 5.97. The molecule has 0 radical (unpaired) electrons. The zero-order valence-electron chi connectivity index (χ0n) is 9.33. The number of nitrogens with two attached hydrogens (primary N) is 1. The third-order valence-corrected chi connectivity index (χ3v) is 2.49. The van der Waals surface area contributed by atoms with Crippen LogP contribution in [0.1, 0.15) is 42.1 Å². The molecule has 0 aliphatic carbocycles. The van der Waals surface area contributed by atoms with Crippen LogP contribution >= 0.6 is 0 Å². The van der Waals surface area contributed by atoms with Crippen molar-refractivity contribution in [2.45, 2.75) is 32.6 Å². The third-order valence-electron chi connectivity index (χ3n) is 2.49. The van der Waals surface area contributed by atoms with Crippen LogP contribution in [0.15, 0.2) is 24.3 Å². The zero-order valence-corrected chi connectivity index (χ0v) is 9.33. The van der Waals surface area contributed by atoms with Crippen LogP contribution < -0.4 is 5.73 Å². The summed E-state index contributed by atoms with van der Waals surface area (Å²) in [7, 11) is 0. The second-order valence-electron chi connectivity index (χ2n) is 3.72. The summed E-state index contributed by atoms with van der Waals surface area (Å²) in [5, 5.41) is 0. The third kappa shape index (κ3) is 3.48. The van der Waals surface area contributed by atoms with Crippen LogP contribution in [0.5, 0.6) is 0 Å². The van der Waals surface area contributed by atoms with Gasteiger partial charge in [0.05, 0.1) is 0 Å². The molecule has 0 spiro atoms. The quantitative estimate of drug-likeness (QED) is 0.725. The molecule has 0 heterocycles. The Kier molecular flexibility index (Phi) is 5.05. The molecule has 0 saturated carbocycles. The van der Waals surface area contributed by atoms with Gasteiger partial charge in [0, 0.05) is 12.0 Å². The number of unbranched alkanes of at least 4 members (excludes halogenated alkanes) is 1. The first-order chi connectivity index (χ1) is 7.29. The van der Waals surface area contributed by atoms with Crippen LogP contribution in [0.25, 0.3) is 0 Å². The first-order valence-electron chi connectivity index (χ1n) is 5.60. The first-order valence-corrected chi connectivity index (χ1v) is 5.60. The summed E-state index contributed by atoms with van der Waals surface area (Å²) in [6, 6.07) is 7.77. The van der Waals surface area contributed by atoms with E-state index in [1.165, 1.54) is 0 Å². The lowest BCUT2D eigenvalue weighted by Gasteiger charge is -2.06. The summed E-state index contributed by atoms with van der Waals surface area (Å²) in [4.78, 5) is 11.9. The van der Waals surface area contributed by atoms with Crippen LogP contribution in [0.4, 0.5) is 0 Å². The minimum Gasteiger partial charge on any atom is -0.330 e. The Hall–Kier alpha value is -1.15. The molecule has 0 aliphatic rings. The van der Waals surface area contributed by atoms with E-state index in [1.54, 1.807) is 0 Å². The van der Waals surface area contributed by atoms with Gasteiger partial charge in [0.25, 0.3) is 0 Å². The highest BCUT2D eigenvalue weighted by Crippen LogP contribution is 2.13. The van der Waals surface area contributed by atoms with E-state index >= 15 is 0 Å². The minimum absolute atomic E-state index is 0.251. The molecule has 0 atom stereocenters. The summed E-state index contributed by atoms with van der Waals surface area (Å²) in [5.74, 6) is 0.251. The predicted octanol–water partition coefficient (Wildman–Crippen LogP) is 2.56. The van der Waals surface area contributed by atoms with Crippen molar-refractivity contribution in [3.05, 3.63) is 35.4 Å². The molecule has 2 heteroatoms. The fourth-order valence-electron chi connectivity index (χ4n) is 1.64. The van der Waals surface area contributed by atoms with Crippen molar-refractivity contribution >= 4 is 5.78 Å². The Morgan fingerprint density at radius 2 is 2.07 bits per heavy atom. The fraction of sp³-hybridized carbons (Fsp3) is 0.462. The molecule has 82 valence electrons. The number of hydrogen-bond donors (Lipinski definition) is 1. The van der Waals surface area contributed by atoms with Gasteiger partial charge in [-0.15, -0.1) is 0 Å². The lowest BCUT2D eigenvalue weighted by Crippen LogP contribution is -2.08. The monoisotopic (exact) mass is 205 g/mol. The summed E-state index contributed by atoms with van der Waals surface area (Å²) in [5.41, 5.74) is 7.46. The van der Waals surface area contributed by atoms with Crippen molar-refractivity contribution < 1.29 is 4.79 Å². The van der Waals surface area contributed by atoms with Crippen molar-refractivity contribution in [3.63, 3.8) is 0 Å². The van der Waals surface area contributed by atoms with Gasteiger partial charge >= 0.3 is 0 Å². The molecule has 1 rings (SSSR count). The van der Waals surface area contributed by atoms with E-state index in [0.717, 1.165) is 30.4 Å². The average Bonchev–Trinajstić information content (AvgIpc) is 2.27. The Bertz CT molecular complexity index is 320. The second-order valence-corrected chi connectivity index (χ2v) is 3.72. The number of Topliss-reactive ketones (excluding diaryl/α,β-unsaturated/α-hetero) is 1. The van der Waals surface area contributed by atoms with Crippen LogP contribution in [-0.4, -0.2) is 12.3 Å². The van der Waals surface area contributed by atoms with Crippen molar-refractivity contribution in [2.24, 2.45) is 5.73 Å². The van der Waals surface area contributed by atoms with Gasteiger partial charge in [-0.25, -0.2) is 0 Å². The Balaban J connectivity index is 2.77. The fourth-order valence-corrected chi connectivity index (χ4v) is 1.64. The molecule has 1 aromatic rings. The second kappa shape index (κ2) is 6.36. The van der Waals surface area contributed by atoms with Crippen LogP contribution in [-0.2, 0) is 6.42 Å². The van der Waals surface area contributed by atoms with Gasteiger partial charge in [-0.05, 0) is 24.9 Å². The van der Waals surface area contributed by atoms with E-state index in [-0.39, 0.29) is 5.78 Å². The first kappa shape index (κ1) is 11.9. The zero-order chi connectivity index (χ0) is 11.1. The van der Waals surface area contributed by atoms with Crippen LogP contribution in [0.2, 0.25) is 0 Å². The molecule has 15 heavy (non-hydrogen) atoms. The van der Waals surface area contributed by atoms with Gasteiger partial charge < -0.3 is 5.73 Å². The van der Waals surface area contributed by atoms with E-state index < -0.39 is 0 Å². The molecule has 0 aromatic heterocycles. The highest BCUT2D eigenvalue weighted by Gasteiger charge is 2.09. The molecule has 0 aliphatic heterocycles. The van der Waals surface area contributed by atoms with E-state index in [0.29, 0.717) is 13.0 Å². The average molecular weight is 205 g/mol. The van der Waals surface area contributed by atoms with E-state index in [2.05, 4.69) is 6.92 Å². The molecular formula is C13H19NO. The van der Waals surface area contributed by atoms with Gasteiger partial charge in [-0.1, -0.05) is 37.6 Å². The van der Waals surface area contributed by atoms with Crippen LogP contribution in [0.3, 0.4) is 0 Å². The largest absolute Gasteiger partial charge is 0.330 e. The summed E-state index contributed by atoms with van der Waals surface area (Å²) >= 11 is 0. The maximum absolute atomic E-state index is 11.9. The standard InChI is InChI=1S/C13H19NO/c1-2-3-8-13(15)12-7-5-4-6-11(12)9-10-14/h4-7H,2-3,8-10,14H2,1H3. The molecular weight excluding hydrogens is 186 g/mol. The molecule has 0 saturated heterocycles. The molecule has 0 fully saturated rings. The maximum atomic E-state index is 11.9. The van der Waals surface area contributed by atoms with Gasteiger partial charge in [0.2, 0.25) is 0 Å². The molecule has 0 amide bonds. The maximum Gasteiger partial charge on any atom is 0.163 e. The molecule has 0 bridgehead atoms. The number of carbonyl (C=O) groups excluding carboxylic acids is 1. The highest BCUT2D eigenvalue weighted by atomic mass is 16.1. The number of ketones is 1. The summed E-state index contributed by atoms with van der Waals surface area (Å²) in [6.07, 6.45) is 3.46. The van der Waals surface area contributed by atoms with Gasteiger partial charge in [-0.2, -0.15) is 0 Å². The molecule has 0 unspecified atom stereocenters. The van der Waals surface area contributed by atoms with E-state index in [9.17, 15) is 4.79 Å². The summed E-state index contributed by atoms with van der Waals surface area (Å²) < 4.78 is 0. The number of carbonyl (C=O) groups is 1. The van der Waals surface area contributed by atoms with Crippen molar-refractivity contribution in [2.75, 3.05) is 6.54 Å². The smallest absolute Gasteiger partial charge is 0.163 e. The predicted molar refractivity (Wildman–Crippen MR) is 63.1 cm³/mol. The van der Waals surface area contributed by atoms with Crippen LogP contribution in [0, 0.1) is 0 Å². The minimum atomic E-state index is 0.251. The lowest BCUT2D eigenvalue weighted by atomic mass is 9.98. The summed E-state index contributed by atoms with van der Waals surface area (Å²) in [6.45, 7) is 2.69. The van der Waals surface area contributed by atoms with Gasteiger partial charge in [0.15, 0.2) is 5.78 Å². The molecule has 1 aromatic carbocycles. The van der Waals surface area contributed by atoms with Crippen molar-refractivity contribution in [1.29, 1.82) is 0 Å². The Morgan fingerprint density at radius 3 is 2.73 bits per heavy atom. The van der Waals surface area contributed by atoms with Gasteiger partial charge in [0.1, 0.15) is 0 Å². The van der Waals surface area contributed by atoms with E-state index in [4.69, 9.17) is 5.73 Å². The molecule has 2 nitrogen and oxygen atoms in total. The lowest BCUT2D eigenvalue weighted by molar-refractivity contribution is 0.0979. The molecule has 2 N–H and O–H groups in total. The van der Waals surface area contributed by atoms with Crippen molar-refractivity contribution in [1.82, 2.24) is 0 Å².